The maximum atomic E-state index is 10.9. The molecule has 0 amide bonds. The summed E-state index contributed by atoms with van der Waals surface area (Å²) in [7, 11) is 1.66. The summed E-state index contributed by atoms with van der Waals surface area (Å²) in [5.41, 5.74) is 0. The van der Waals surface area contributed by atoms with E-state index in [2.05, 4.69) is 5.32 Å². The van der Waals surface area contributed by atoms with Crippen molar-refractivity contribution in [3.05, 3.63) is 0 Å². The van der Waals surface area contributed by atoms with Gasteiger partial charge >= 0.3 is 5.97 Å². The molecule has 0 aliphatic heterocycles. The molecule has 1 fully saturated rings. The quantitative estimate of drug-likeness (QED) is 0.610. The van der Waals surface area contributed by atoms with Gasteiger partial charge in [0.25, 0.3) is 0 Å². The molecule has 0 saturated heterocycles. The normalized spacial score (nSPS) is 24.1. The molecule has 1 saturated carbocycles. The molecule has 2 N–H and O–H groups in total. The van der Waals surface area contributed by atoms with Gasteiger partial charge in [0, 0.05) is 19.8 Å². The lowest BCUT2D eigenvalue weighted by atomic mass is 9.86. The number of methoxy groups -OCH3 is 1. The first-order valence-electron chi connectivity index (χ1n) is 6.77. The lowest BCUT2D eigenvalue weighted by molar-refractivity contribution is -0.143. The maximum absolute atomic E-state index is 10.9. The van der Waals surface area contributed by atoms with Gasteiger partial charge in [0.1, 0.15) is 0 Å². The van der Waals surface area contributed by atoms with Gasteiger partial charge in [-0.2, -0.15) is 0 Å². The number of nitrogens with one attached hydrogen (secondary N) is 1. The molecule has 5 nitrogen and oxygen atoms in total. The van der Waals surface area contributed by atoms with Gasteiger partial charge in [-0.1, -0.05) is 6.42 Å². The van der Waals surface area contributed by atoms with Gasteiger partial charge in [-0.15, -0.1) is 0 Å². The van der Waals surface area contributed by atoms with Crippen molar-refractivity contribution in [1.82, 2.24) is 5.32 Å². The molecule has 0 aromatic heterocycles. The summed E-state index contributed by atoms with van der Waals surface area (Å²) >= 11 is 0. The van der Waals surface area contributed by atoms with Gasteiger partial charge in [0.15, 0.2) is 0 Å². The summed E-state index contributed by atoms with van der Waals surface area (Å²) in [4.78, 5) is 10.9. The molecule has 0 aromatic carbocycles. The second-order valence-electron chi connectivity index (χ2n) is 4.81. The van der Waals surface area contributed by atoms with Crippen LogP contribution in [0, 0.1) is 5.92 Å². The van der Waals surface area contributed by atoms with Crippen LogP contribution < -0.4 is 5.32 Å². The monoisotopic (exact) mass is 259 g/mol. The van der Waals surface area contributed by atoms with E-state index in [4.69, 9.17) is 14.6 Å². The van der Waals surface area contributed by atoms with Crippen LogP contribution in [0.15, 0.2) is 0 Å². The van der Waals surface area contributed by atoms with E-state index in [1.807, 2.05) is 0 Å². The van der Waals surface area contributed by atoms with Crippen molar-refractivity contribution >= 4 is 5.97 Å². The minimum Gasteiger partial charge on any atom is -0.481 e. The molecule has 5 heteroatoms. The van der Waals surface area contributed by atoms with Crippen LogP contribution in [0.4, 0.5) is 0 Å². The Morgan fingerprint density at radius 1 is 1.33 bits per heavy atom. The largest absolute Gasteiger partial charge is 0.481 e. The van der Waals surface area contributed by atoms with Gasteiger partial charge in [-0.3, -0.25) is 4.79 Å². The van der Waals surface area contributed by atoms with Crippen LogP contribution in [0.2, 0.25) is 0 Å². The standard InChI is InChI=1S/C13H25NO4/c1-17-8-9-18-7-3-6-14-12-5-2-4-11(10-12)13(15)16/h11-12,14H,2-10H2,1H3,(H,15,16). The first-order chi connectivity index (χ1) is 8.74. The smallest absolute Gasteiger partial charge is 0.306 e. The van der Waals surface area contributed by atoms with E-state index >= 15 is 0 Å². The second-order valence-corrected chi connectivity index (χ2v) is 4.81. The number of rotatable bonds is 9. The third-order valence-electron chi connectivity index (χ3n) is 3.35. The summed E-state index contributed by atoms with van der Waals surface area (Å²) in [5, 5.41) is 12.4. The summed E-state index contributed by atoms with van der Waals surface area (Å²) < 4.78 is 10.2. The maximum Gasteiger partial charge on any atom is 0.306 e. The summed E-state index contributed by atoms with van der Waals surface area (Å²) in [6.45, 7) is 2.90. The van der Waals surface area contributed by atoms with Crippen molar-refractivity contribution in [3.8, 4) is 0 Å². The average Bonchev–Trinajstić information content (AvgIpc) is 2.38. The highest BCUT2D eigenvalue weighted by Crippen LogP contribution is 2.24. The van der Waals surface area contributed by atoms with E-state index in [0.29, 0.717) is 19.3 Å². The fourth-order valence-corrected chi connectivity index (χ4v) is 2.32. The third kappa shape index (κ3) is 6.33. The highest BCUT2D eigenvalue weighted by atomic mass is 16.5. The fraction of sp³-hybridized carbons (Fsp3) is 0.923. The summed E-state index contributed by atoms with van der Waals surface area (Å²) in [5.74, 6) is -0.807. The SMILES string of the molecule is COCCOCCCNC1CCCC(C(=O)O)C1. The molecule has 18 heavy (non-hydrogen) atoms. The molecule has 0 aromatic rings. The number of hydrogen-bond donors (Lipinski definition) is 2. The first kappa shape index (κ1) is 15.4. The van der Waals surface area contributed by atoms with E-state index in [9.17, 15) is 4.79 Å². The number of ether oxygens (including phenoxy) is 2. The van der Waals surface area contributed by atoms with E-state index in [-0.39, 0.29) is 5.92 Å². The molecular weight excluding hydrogens is 234 g/mol. The molecule has 2 atom stereocenters. The van der Waals surface area contributed by atoms with Gasteiger partial charge in [0.2, 0.25) is 0 Å². The van der Waals surface area contributed by atoms with Crippen LogP contribution >= 0.6 is 0 Å². The van der Waals surface area contributed by atoms with Gasteiger partial charge in [0.05, 0.1) is 19.1 Å². The van der Waals surface area contributed by atoms with Gasteiger partial charge in [-0.05, 0) is 32.2 Å². The van der Waals surface area contributed by atoms with Crippen molar-refractivity contribution in [2.75, 3.05) is 33.5 Å². The molecule has 0 spiro atoms. The molecule has 0 radical (unpaired) electrons. The molecule has 106 valence electrons. The van der Waals surface area contributed by atoms with Gasteiger partial charge < -0.3 is 19.9 Å². The van der Waals surface area contributed by atoms with Crippen LogP contribution in [0.1, 0.15) is 32.1 Å². The number of carbonyl (C=O) groups is 1. The molecule has 0 heterocycles. The lowest BCUT2D eigenvalue weighted by Gasteiger charge is -2.27. The van der Waals surface area contributed by atoms with Crippen LogP contribution in [0.5, 0.6) is 0 Å². The van der Waals surface area contributed by atoms with Crippen molar-refractivity contribution in [1.29, 1.82) is 0 Å². The lowest BCUT2D eigenvalue weighted by Crippen LogP contribution is -2.37. The number of carboxylic acid groups (broad SMARTS) is 1. The Kier molecular flexibility index (Phi) is 7.96. The Labute approximate surface area is 109 Å². The number of carboxylic acids is 1. The van der Waals surface area contributed by atoms with Crippen LogP contribution in [-0.2, 0) is 14.3 Å². The predicted octanol–water partition coefficient (Wildman–Crippen LogP) is 1.27. The Hall–Kier alpha value is -0.650. The number of hydrogen-bond acceptors (Lipinski definition) is 4. The second kappa shape index (κ2) is 9.30. The average molecular weight is 259 g/mol. The zero-order valence-corrected chi connectivity index (χ0v) is 11.2. The van der Waals surface area contributed by atoms with E-state index in [1.165, 1.54) is 0 Å². The molecular formula is C13H25NO4. The van der Waals surface area contributed by atoms with Crippen LogP contribution in [0.3, 0.4) is 0 Å². The van der Waals surface area contributed by atoms with E-state index in [1.54, 1.807) is 7.11 Å². The topological polar surface area (TPSA) is 67.8 Å². The number of aliphatic carboxylic acids is 1. The Bertz CT molecular complexity index is 235. The predicted molar refractivity (Wildman–Crippen MR) is 68.7 cm³/mol. The minimum atomic E-state index is -0.649. The van der Waals surface area contributed by atoms with Crippen molar-refractivity contribution in [3.63, 3.8) is 0 Å². The molecule has 0 bridgehead atoms. The molecule has 1 aliphatic rings. The highest BCUT2D eigenvalue weighted by molar-refractivity contribution is 5.70. The van der Waals surface area contributed by atoms with Crippen molar-refractivity contribution < 1.29 is 19.4 Å². The van der Waals surface area contributed by atoms with E-state index in [0.717, 1.165) is 45.3 Å². The van der Waals surface area contributed by atoms with Crippen LogP contribution in [0.25, 0.3) is 0 Å². The Morgan fingerprint density at radius 3 is 2.89 bits per heavy atom. The fourth-order valence-electron chi connectivity index (χ4n) is 2.32. The molecule has 2 unspecified atom stereocenters. The van der Waals surface area contributed by atoms with Crippen LogP contribution in [-0.4, -0.2) is 50.6 Å². The van der Waals surface area contributed by atoms with Crippen molar-refractivity contribution in [2.24, 2.45) is 5.92 Å². The van der Waals surface area contributed by atoms with E-state index < -0.39 is 5.97 Å². The Morgan fingerprint density at radius 2 is 2.17 bits per heavy atom. The summed E-state index contributed by atoms with van der Waals surface area (Å²) in [6, 6.07) is 0.360. The Balaban J connectivity index is 2.00. The zero-order chi connectivity index (χ0) is 13.2. The summed E-state index contributed by atoms with van der Waals surface area (Å²) in [6.07, 6.45) is 4.65. The first-order valence-corrected chi connectivity index (χ1v) is 6.77. The van der Waals surface area contributed by atoms with Crippen molar-refractivity contribution in [2.45, 2.75) is 38.1 Å². The molecule has 1 aliphatic carbocycles. The minimum absolute atomic E-state index is 0.158. The highest BCUT2D eigenvalue weighted by Gasteiger charge is 2.26. The zero-order valence-electron chi connectivity index (χ0n) is 11.2. The third-order valence-corrected chi connectivity index (χ3v) is 3.35. The van der Waals surface area contributed by atoms with Gasteiger partial charge in [-0.25, -0.2) is 0 Å². The molecule has 1 rings (SSSR count).